The monoisotopic (exact) mass is 320 g/mol. The topological polar surface area (TPSA) is 52.6 Å². The number of carbonyl (C=O) groups is 1. The Morgan fingerprint density at radius 3 is 2.86 bits per heavy atom. The first-order chi connectivity index (χ1) is 10.7. The number of nitrogens with one attached hydrogen (secondary N) is 1. The molecule has 1 atom stereocenters. The number of thioether (sulfide) groups is 1. The molecular formula is C17H24N2O2S. The van der Waals surface area contributed by atoms with Crippen molar-refractivity contribution in [2.75, 3.05) is 24.2 Å². The summed E-state index contributed by atoms with van der Waals surface area (Å²) in [6.45, 7) is 1.06. The van der Waals surface area contributed by atoms with Crippen LogP contribution < -0.4 is 5.32 Å². The van der Waals surface area contributed by atoms with Crippen molar-refractivity contribution in [2.24, 2.45) is 5.92 Å². The van der Waals surface area contributed by atoms with Crippen LogP contribution in [0.5, 0.6) is 0 Å². The first kappa shape index (κ1) is 15.7. The molecule has 1 aromatic rings. The third-order valence-electron chi connectivity index (χ3n) is 4.50. The fourth-order valence-electron chi connectivity index (χ4n) is 3.18. The molecule has 1 heterocycles. The van der Waals surface area contributed by atoms with Gasteiger partial charge in [0.05, 0.1) is 6.10 Å². The van der Waals surface area contributed by atoms with Gasteiger partial charge in [-0.2, -0.15) is 0 Å². The van der Waals surface area contributed by atoms with E-state index in [0.717, 1.165) is 11.6 Å². The van der Waals surface area contributed by atoms with Crippen LogP contribution in [0, 0.1) is 5.92 Å². The van der Waals surface area contributed by atoms with Crippen LogP contribution in [0.1, 0.15) is 32.1 Å². The van der Waals surface area contributed by atoms with E-state index in [0.29, 0.717) is 19.5 Å². The zero-order chi connectivity index (χ0) is 15.4. The second-order valence-electron chi connectivity index (χ2n) is 6.31. The van der Waals surface area contributed by atoms with Crippen LogP contribution in [-0.4, -0.2) is 41.0 Å². The summed E-state index contributed by atoms with van der Waals surface area (Å²) in [5, 5.41) is 12.4. The van der Waals surface area contributed by atoms with Gasteiger partial charge in [-0.15, -0.1) is 11.8 Å². The van der Waals surface area contributed by atoms with Crippen molar-refractivity contribution in [3.8, 4) is 0 Å². The van der Waals surface area contributed by atoms with E-state index >= 15 is 0 Å². The molecule has 1 aliphatic carbocycles. The van der Waals surface area contributed by atoms with E-state index in [1.165, 1.54) is 36.3 Å². The Kier molecular flexibility index (Phi) is 5.26. The van der Waals surface area contributed by atoms with Gasteiger partial charge in [-0.05, 0) is 43.4 Å². The van der Waals surface area contributed by atoms with Gasteiger partial charge in [0, 0.05) is 29.4 Å². The summed E-state index contributed by atoms with van der Waals surface area (Å²) in [7, 11) is 0. The lowest BCUT2D eigenvalue weighted by Crippen LogP contribution is -2.33. The molecule has 1 saturated carbocycles. The number of rotatable bonds is 4. The molecule has 120 valence electrons. The van der Waals surface area contributed by atoms with Crippen LogP contribution in [0.4, 0.5) is 10.5 Å². The van der Waals surface area contributed by atoms with Crippen molar-refractivity contribution in [3.63, 3.8) is 0 Å². The molecule has 2 N–H and O–H groups in total. The number of urea groups is 1. The molecule has 0 spiro atoms. The van der Waals surface area contributed by atoms with Crippen LogP contribution in [0.2, 0.25) is 0 Å². The molecule has 5 heteroatoms. The predicted molar refractivity (Wildman–Crippen MR) is 90.3 cm³/mol. The maximum Gasteiger partial charge on any atom is 0.321 e. The lowest BCUT2D eigenvalue weighted by atomic mass is 10.1. The first-order valence-electron chi connectivity index (χ1n) is 8.17. The van der Waals surface area contributed by atoms with Crippen molar-refractivity contribution in [3.05, 3.63) is 24.3 Å². The minimum absolute atomic E-state index is 0.116. The molecule has 2 fully saturated rings. The van der Waals surface area contributed by atoms with Crippen LogP contribution in [0.3, 0.4) is 0 Å². The summed E-state index contributed by atoms with van der Waals surface area (Å²) in [5.74, 6) is 2.03. The number of anilines is 1. The number of likely N-dealkylation sites (tertiary alicyclic amines) is 1. The van der Waals surface area contributed by atoms with Gasteiger partial charge in [-0.3, -0.25) is 0 Å². The Hall–Kier alpha value is -1.20. The molecule has 0 aromatic heterocycles. The highest BCUT2D eigenvalue weighted by Crippen LogP contribution is 2.31. The molecule has 0 radical (unpaired) electrons. The van der Waals surface area contributed by atoms with E-state index in [2.05, 4.69) is 11.4 Å². The largest absolute Gasteiger partial charge is 0.391 e. The Bertz CT molecular complexity index is 517. The molecular weight excluding hydrogens is 296 g/mol. The molecule has 1 saturated heterocycles. The average Bonchev–Trinajstić information content (AvgIpc) is 3.17. The molecule has 2 aliphatic rings. The standard InChI is InChI=1S/C17H24N2O2S/c20-15-8-9-19(11-15)17(21)18-14-6-3-7-16(10-14)22-12-13-4-1-2-5-13/h3,6-7,10,13,15,20H,1-2,4-5,8-9,11-12H2,(H,18,21)/t15-/m0/s1. The third-order valence-corrected chi connectivity index (χ3v) is 5.72. The Morgan fingerprint density at radius 2 is 2.14 bits per heavy atom. The number of carbonyl (C=O) groups excluding carboxylic acids is 1. The van der Waals surface area contributed by atoms with E-state index in [1.807, 2.05) is 30.0 Å². The smallest absolute Gasteiger partial charge is 0.321 e. The number of benzene rings is 1. The van der Waals surface area contributed by atoms with E-state index < -0.39 is 0 Å². The van der Waals surface area contributed by atoms with Gasteiger partial charge in [0.2, 0.25) is 0 Å². The minimum Gasteiger partial charge on any atom is -0.391 e. The van der Waals surface area contributed by atoms with Crippen LogP contribution in [0.25, 0.3) is 0 Å². The molecule has 0 bridgehead atoms. The highest BCUT2D eigenvalue weighted by atomic mass is 32.2. The number of aliphatic hydroxyl groups excluding tert-OH is 1. The van der Waals surface area contributed by atoms with Gasteiger partial charge >= 0.3 is 6.03 Å². The fourth-order valence-corrected chi connectivity index (χ4v) is 4.33. The third kappa shape index (κ3) is 4.17. The summed E-state index contributed by atoms with van der Waals surface area (Å²) in [6.07, 6.45) is 5.78. The fraction of sp³-hybridized carbons (Fsp3) is 0.588. The SMILES string of the molecule is O=C(Nc1cccc(SCC2CCCC2)c1)N1CC[C@H](O)C1. The summed E-state index contributed by atoms with van der Waals surface area (Å²) in [4.78, 5) is 15.0. The lowest BCUT2D eigenvalue weighted by Gasteiger charge is -2.17. The molecule has 3 rings (SSSR count). The maximum absolute atomic E-state index is 12.1. The van der Waals surface area contributed by atoms with Crippen molar-refractivity contribution in [1.29, 1.82) is 0 Å². The number of aliphatic hydroxyl groups is 1. The summed E-state index contributed by atoms with van der Waals surface area (Å²) >= 11 is 1.89. The normalized spacial score (nSPS) is 22.2. The maximum atomic E-state index is 12.1. The van der Waals surface area contributed by atoms with Gasteiger partial charge in [-0.25, -0.2) is 4.79 Å². The molecule has 2 amide bonds. The molecule has 0 unspecified atom stereocenters. The van der Waals surface area contributed by atoms with Gasteiger partial charge in [0.15, 0.2) is 0 Å². The highest BCUT2D eigenvalue weighted by molar-refractivity contribution is 7.99. The van der Waals surface area contributed by atoms with E-state index in [1.54, 1.807) is 4.90 Å². The average molecular weight is 320 g/mol. The number of nitrogens with zero attached hydrogens (tertiary/aromatic N) is 1. The van der Waals surface area contributed by atoms with Gasteiger partial charge in [0.1, 0.15) is 0 Å². The first-order valence-corrected chi connectivity index (χ1v) is 9.16. The quantitative estimate of drug-likeness (QED) is 0.834. The van der Waals surface area contributed by atoms with Gasteiger partial charge in [-0.1, -0.05) is 18.9 Å². The zero-order valence-electron chi connectivity index (χ0n) is 12.8. The summed E-state index contributed by atoms with van der Waals surface area (Å²) < 4.78 is 0. The Morgan fingerprint density at radius 1 is 1.32 bits per heavy atom. The number of hydrogen-bond donors (Lipinski definition) is 2. The number of hydrogen-bond acceptors (Lipinski definition) is 3. The van der Waals surface area contributed by atoms with Crippen molar-refractivity contribution < 1.29 is 9.90 Å². The van der Waals surface area contributed by atoms with Gasteiger partial charge in [0.25, 0.3) is 0 Å². The molecule has 22 heavy (non-hydrogen) atoms. The highest BCUT2D eigenvalue weighted by Gasteiger charge is 2.24. The summed E-state index contributed by atoms with van der Waals surface area (Å²) in [6, 6.07) is 7.95. The van der Waals surface area contributed by atoms with Gasteiger partial charge < -0.3 is 15.3 Å². The van der Waals surface area contributed by atoms with Crippen LogP contribution in [-0.2, 0) is 0 Å². The van der Waals surface area contributed by atoms with Crippen molar-refractivity contribution >= 4 is 23.5 Å². The predicted octanol–water partition coefficient (Wildman–Crippen LogP) is 3.57. The lowest BCUT2D eigenvalue weighted by molar-refractivity contribution is 0.176. The van der Waals surface area contributed by atoms with Crippen molar-refractivity contribution in [2.45, 2.75) is 43.1 Å². The summed E-state index contributed by atoms with van der Waals surface area (Å²) in [5.41, 5.74) is 0.836. The second kappa shape index (κ2) is 7.38. The zero-order valence-corrected chi connectivity index (χ0v) is 13.6. The Balaban J connectivity index is 1.53. The van der Waals surface area contributed by atoms with E-state index in [-0.39, 0.29) is 12.1 Å². The molecule has 4 nitrogen and oxygen atoms in total. The number of β-amino-alcohol motifs (C(OH)–C–C–N with tert-alkyl or cyclic N) is 1. The van der Waals surface area contributed by atoms with E-state index in [4.69, 9.17) is 0 Å². The van der Waals surface area contributed by atoms with Crippen molar-refractivity contribution in [1.82, 2.24) is 4.90 Å². The Labute approximate surface area is 136 Å². The molecule has 1 aromatic carbocycles. The number of amides is 2. The second-order valence-corrected chi connectivity index (χ2v) is 7.40. The molecule has 1 aliphatic heterocycles. The van der Waals surface area contributed by atoms with Crippen LogP contribution in [0.15, 0.2) is 29.2 Å². The minimum atomic E-state index is -0.376. The van der Waals surface area contributed by atoms with Crippen LogP contribution >= 0.6 is 11.8 Å². The van der Waals surface area contributed by atoms with E-state index in [9.17, 15) is 9.90 Å².